The topological polar surface area (TPSA) is 70.6 Å². The van der Waals surface area contributed by atoms with Gasteiger partial charge in [0.2, 0.25) is 0 Å². The Labute approximate surface area is 194 Å². The van der Waals surface area contributed by atoms with Gasteiger partial charge in [-0.1, -0.05) is 11.6 Å². The van der Waals surface area contributed by atoms with Crippen molar-refractivity contribution in [2.75, 3.05) is 25.1 Å². The van der Waals surface area contributed by atoms with Crippen molar-refractivity contribution in [1.29, 1.82) is 0 Å². The van der Waals surface area contributed by atoms with E-state index in [1.54, 1.807) is 18.2 Å². The number of benzene rings is 2. The molecule has 0 aliphatic rings. The Balaban J connectivity index is 0.00000392. The van der Waals surface area contributed by atoms with Crippen LogP contribution in [0.5, 0.6) is 11.5 Å². The first-order valence-electron chi connectivity index (χ1n) is 7.52. The van der Waals surface area contributed by atoms with Gasteiger partial charge in [0.05, 0.1) is 35.5 Å². The molecule has 0 spiro atoms. The average molecular weight is 491 g/mol. The first kappa shape index (κ1) is 25.1. The van der Waals surface area contributed by atoms with Gasteiger partial charge in [-0.15, -0.1) is 0 Å². The van der Waals surface area contributed by atoms with Gasteiger partial charge in [-0.2, -0.15) is 13.2 Å². The zero-order chi connectivity index (χ0) is 20.0. The first-order chi connectivity index (χ1) is 12.7. The normalized spacial score (nSPS) is 10.9. The molecule has 0 atom stereocenters. The second kappa shape index (κ2) is 11.3. The third-order valence-electron chi connectivity index (χ3n) is 3.21. The summed E-state index contributed by atoms with van der Waals surface area (Å²) in [6, 6.07) is 7.72. The quantitative estimate of drug-likeness (QED) is 0.443. The fourth-order valence-electron chi connectivity index (χ4n) is 2.00. The molecule has 0 saturated carbocycles. The maximum absolute atomic E-state index is 12.7. The molecule has 0 radical (unpaired) electrons. The van der Waals surface area contributed by atoms with Crippen LogP contribution in [0.15, 0.2) is 40.9 Å². The van der Waals surface area contributed by atoms with Crippen LogP contribution in [0, 0.1) is 0 Å². The minimum absolute atomic E-state index is 0. The standard InChI is InChI=1S/C17H14BrClF3NO4.Na/c18-12-3-2-11(8-14(12)23-5-6-26-9-16(24)25)27-15-4-1-10(7-13(15)19)17(20,21)22;/h1-4,7-8,23H,5-6,9H2,(H,24,25);/q;+1/p-1. The number of anilines is 1. The number of aliphatic carboxylic acids is 1. The molecule has 28 heavy (non-hydrogen) atoms. The van der Waals surface area contributed by atoms with Crippen LogP contribution in [0.4, 0.5) is 18.9 Å². The fourth-order valence-corrected chi connectivity index (χ4v) is 2.61. The van der Waals surface area contributed by atoms with E-state index in [0.717, 1.165) is 18.2 Å². The van der Waals surface area contributed by atoms with Gasteiger partial charge in [0, 0.05) is 17.1 Å². The molecule has 0 fully saturated rings. The number of carboxylic acids is 1. The minimum atomic E-state index is -4.49. The summed E-state index contributed by atoms with van der Waals surface area (Å²) in [7, 11) is 0. The van der Waals surface area contributed by atoms with E-state index in [1.807, 2.05) is 0 Å². The maximum atomic E-state index is 12.7. The summed E-state index contributed by atoms with van der Waals surface area (Å²) in [5.41, 5.74) is -0.248. The van der Waals surface area contributed by atoms with Crippen molar-refractivity contribution < 1.29 is 62.1 Å². The predicted octanol–water partition coefficient (Wildman–Crippen LogP) is 1.10. The van der Waals surface area contributed by atoms with Crippen LogP contribution < -0.4 is 44.7 Å². The van der Waals surface area contributed by atoms with E-state index in [9.17, 15) is 23.1 Å². The first-order valence-corrected chi connectivity index (χ1v) is 8.69. The summed E-state index contributed by atoms with van der Waals surface area (Å²) in [4.78, 5) is 10.3. The SMILES string of the molecule is O=C([O-])COCCNc1cc(Oc2ccc(C(F)(F)F)cc2Cl)ccc1Br.[Na+]. The van der Waals surface area contributed by atoms with Gasteiger partial charge < -0.3 is 24.7 Å². The van der Waals surface area contributed by atoms with Crippen LogP contribution in [-0.4, -0.2) is 25.7 Å². The van der Waals surface area contributed by atoms with E-state index in [1.165, 1.54) is 0 Å². The molecule has 146 valence electrons. The van der Waals surface area contributed by atoms with Crippen molar-refractivity contribution in [2.24, 2.45) is 0 Å². The zero-order valence-corrected chi connectivity index (χ0v) is 19.0. The number of rotatable bonds is 8. The molecule has 5 nitrogen and oxygen atoms in total. The predicted molar refractivity (Wildman–Crippen MR) is 95.0 cm³/mol. The van der Waals surface area contributed by atoms with Crippen LogP contribution in [0.3, 0.4) is 0 Å². The summed E-state index contributed by atoms with van der Waals surface area (Å²) in [6.45, 7) is -0.0506. The van der Waals surface area contributed by atoms with Gasteiger partial charge in [-0.3, -0.25) is 0 Å². The van der Waals surface area contributed by atoms with Gasteiger partial charge in [-0.05, 0) is 46.3 Å². The molecule has 0 heterocycles. The summed E-state index contributed by atoms with van der Waals surface area (Å²) in [5, 5.41) is 13.1. The number of carboxylic acid groups (broad SMARTS) is 1. The Morgan fingerprint density at radius 3 is 2.54 bits per heavy atom. The van der Waals surface area contributed by atoms with Crippen LogP contribution in [0.1, 0.15) is 5.56 Å². The molecule has 0 bridgehead atoms. The molecular weight excluding hydrogens is 478 g/mol. The van der Waals surface area contributed by atoms with Gasteiger partial charge in [0.15, 0.2) is 0 Å². The number of hydrogen-bond donors (Lipinski definition) is 1. The Morgan fingerprint density at radius 2 is 1.93 bits per heavy atom. The van der Waals surface area contributed by atoms with Gasteiger partial charge in [-0.25, -0.2) is 0 Å². The average Bonchev–Trinajstić information content (AvgIpc) is 2.57. The summed E-state index contributed by atoms with van der Waals surface area (Å²) in [6.07, 6.45) is -4.49. The van der Waals surface area contributed by atoms with Gasteiger partial charge >= 0.3 is 35.7 Å². The van der Waals surface area contributed by atoms with Crippen molar-refractivity contribution in [3.63, 3.8) is 0 Å². The summed E-state index contributed by atoms with van der Waals surface area (Å²) in [5.74, 6) is -0.881. The number of carbonyl (C=O) groups excluding carboxylic acids is 1. The number of nitrogens with one attached hydrogen (secondary N) is 1. The Bertz CT molecular complexity index is 823. The molecule has 0 aromatic heterocycles. The fraction of sp³-hybridized carbons (Fsp3) is 0.235. The van der Waals surface area contributed by atoms with Gasteiger partial charge in [0.25, 0.3) is 0 Å². The van der Waals surface area contributed by atoms with Crippen molar-refractivity contribution in [2.45, 2.75) is 6.18 Å². The molecule has 1 N–H and O–H groups in total. The maximum Gasteiger partial charge on any atom is 1.00 e. The van der Waals surface area contributed by atoms with Crippen molar-refractivity contribution in [3.8, 4) is 11.5 Å². The van der Waals surface area contributed by atoms with Crippen LogP contribution in [0.25, 0.3) is 0 Å². The van der Waals surface area contributed by atoms with E-state index in [0.29, 0.717) is 22.5 Å². The summed E-state index contributed by atoms with van der Waals surface area (Å²) >= 11 is 9.22. The third kappa shape index (κ3) is 7.81. The number of ether oxygens (including phenoxy) is 2. The molecule has 2 rings (SSSR count). The van der Waals surface area contributed by atoms with E-state index in [4.69, 9.17) is 21.1 Å². The van der Waals surface area contributed by atoms with Crippen molar-refractivity contribution in [1.82, 2.24) is 0 Å². The van der Waals surface area contributed by atoms with Crippen molar-refractivity contribution >= 4 is 39.2 Å². The zero-order valence-electron chi connectivity index (χ0n) is 14.6. The third-order valence-corrected chi connectivity index (χ3v) is 4.19. The molecule has 0 amide bonds. The molecule has 0 unspecified atom stereocenters. The molecule has 0 aliphatic carbocycles. The minimum Gasteiger partial charge on any atom is -0.548 e. The number of halogens is 5. The Morgan fingerprint density at radius 1 is 1.21 bits per heavy atom. The largest absolute Gasteiger partial charge is 1.00 e. The van der Waals surface area contributed by atoms with E-state index >= 15 is 0 Å². The smallest absolute Gasteiger partial charge is 0.548 e. The molecule has 11 heteroatoms. The van der Waals surface area contributed by atoms with E-state index in [2.05, 4.69) is 21.2 Å². The molecule has 0 saturated heterocycles. The van der Waals surface area contributed by atoms with E-state index < -0.39 is 24.3 Å². The number of alkyl halides is 3. The molecule has 2 aromatic rings. The second-order valence-electron chi connectivity index (χ2n) is 5.24. The molecule has 2 aromatic carbocycles. The van der Waals surface area contributed by atoms with Gasteiger partial charge in [0.1, 0.15) is 11.5 Å². The van der Waals surface area contributed by atoms with Crippen LogP contribution in [-0.2, 0) is 15.7 Å². The number of carbonyl (C=O) groups is 1. The monoisotopic (exact) mass is 489 g/mol. The van der Waals surface area contributed by atoms with Crippen LogP contribution >= 0.6 is 27.5 Å². The van der Waals surface area contributed by atoms with E-state index in [-0.39, 0.29) is 46.9 Å². The Hall–Kier alpha value is -0.970. The second-order valence-corrected chi connectivity index (χ2v) is 6.50. The van der Waals surface area contributed by atoms with Crippen molar-refractivity contribution in [3.05, 3.63) is 51.5 Å². The number of hydrogen-bond acceptors (Lipinski definition) is 5. The Kier molecular flexibility index (Phi) is 10.1. The van der Waals surface area contributed by atoms with Crippen LogP contribution in [0.2, 0.25) is 5.02 Å². The summed E-state index contributed by atoms with van der Waals surface area (Å²) < 4.78 is 49.2. The molecular formula is C17H13BrClF3NNaO4. The molecule has 0 aliphatic heterocycles.